The number of aliphatic hydroxyl groups excluding tert-OH is 6. The Hall–Kier alpha value is -1.55. The molecular formula is C63H120O17S. The molecule has 0 amide bonds. The molecule has 0 aromatic carbocycles. The van der Waals surface area contributed by atoms with E-state index in [1.54, 1.807) is 6.92 Å². The molecule has 0 unspecified atom stereocenters. The standard InChI is InChI=1S/C63H120O17S/c1-8-10-12-14-16-18-20-22-24-26-28-30-32-34-36-38-51(66)49(6)42-47(4)40-46(3)41-48(5)43-50(7)61(71)78-58-56(69)53(45-65)76-63(79-62-59(80-81(72,73)74)57(70)55(68)52(44-64)75-62)60(58)77-54(67)39-37-35-33-31-29-27-25-23-21-19-17-15-13-11-9-2/h46-53,55-60,62-66,68-70H,8-45H2,1-7H3,(H,72,73,74)/t46-,47+,48-,49+,50+,51-,52+,53-,55+,56-,57-,58+,59+,60-,62+,63-/m0/s1. The van der Waals surface area contributed by atoms with Gasteiger partial charge in [-0.25, -0.2) is 4.18 Å². The smallest absolute Gasteiger partial charge is 0.397 e. The fraction of sp³-hybridized carbons (Fsp3) is 0.968. The Morgan fingerprint density at radius 2 is 0.864 bits per heavy atom. The maximum absolute atomic E-state index is 14.0. The first-order valence-corrected chi connectivity index (χ1v) is 34.1. The highest BCUT2D eigenvalue weighted by atomic mass is 32.3. The van der Waals surface area contributed by atoms with Crippen molar-refractivity contribution < 1.29 is 81.1 Å². The molecule has 81 heavy (non-hydrogen) atoms. The molecule has 0 saturated carbocycles. The van der Waals surface area contributed by atoms with E-state index in [1.165, 1.54) is 141 Å². The summed E-state index contributed by atoms with van der Waals surface area (Å²) in [5.41, 5.74) is 0. The third kappa shape index (κ3) is 33.2. The van der Waals surface area contributed by atoms with Crippen LogP contribution in [0.25, 0.3) is 0 Å². The van der Waals surface area contributed by atoms with Gasteiger partial charge in [0.25, 0.3) is 0 Å². The zero-order valence-electron chi connectivity index (χ0n) is 51.7. The largest absolute Gasteiger partial charge is 0.455 e. The molecule has 0 spiro atoms. The van der Waals surface area contributed by atoms with Crippen LogP contribution in [0.4, 0.5) is 0 Å². The number of esters is 2. The summed E-state index contributed by atoms with van der Waals surface area (Å²) in [6.45, 7) is 13.1. The first-order valence-electron chi connectivity index (χ1n) is 32.7. The number of hydrogen-bond donors (Lipinski definition) is 7. The number of rotatable bonds is 50. The zero-order valence-corrected chi connectivity index (χ0v) is 52.5. The Morgan fingerprint density at radius 1 is 0.481 bits per heavy atom. The number of hydrogen-bond acceptors (Lipinski definition) is 16. The van der Waals surface area contributed by atoms with Crippen molar-refractivity contribution in [3.05, 3.63) is 0 Å². The van der Waals surface area contributed by atoms with Gasteiger partial charge in [0.15, 0.2) is 24.6 Å². The van der Waals surface area contributed by atoms with E-state index in [4.69, 9.17) is 23.7 Å². The van der Waals surface area contributed by atoms with E-state index in [-0.39, 0.29) is 24.4 Å². The van der Waals surface area contributed by atoms with Crippen molar-refractivity contribution in [3.8, 4) is 0 Å². The van der Waals surface area contributed by atoms with Gasteiger partial charge in [0.05, 0.1) is 25.2 Å². The molecule has 16 atom stereocenters. The molecule has 2 rings (SSSR count). The average Bonchev–Trinajstić information content (AvgIpc) is 3.43. The van der Waals surface area contributed by atoms with Crippen molar-refractivity contribution >= 4 is 22.3 Å². The summed E-state index contributed by atoms with van der Waals surface area (Å²) in [7, 11) is -5.32. The summed E-state index contributed by atoms with van der Waals surface area (Å²) in [6.07, 6.45) is 21.8. The molecule has 0 aromatic rings. The number of carbonyl (C=O) groups is 2. The average molecular weight is 1180 g/mol. The predicted molar refractivity (Wildman–Crippen MR) is 316 cm³/mol. The molecule has 17 nitrogen and oxygen atoms in total. The van der Waals surface area contributed by atoms with Gasteiger partial charge in [-0.15, -0.1) is 0 Å². The number of unbranched alkanes of at least 4 members (excludes halogenated alkanes) is 28. The highest BCUT2D eigenvalue weighted by Crippen LogP contribution is 2.35. The van der Waals surface area contributed by atoms with Crippen LogP contribution in [0.3, 0.4) is 0 Å². The monoisotopic (exact) mass is 1180 g/mol. The van der Waals surface area contributed by atoms with Crippen molar-refractivity contribution in [2.24, 2.45) is 29.6 Å². The molecule has 2 aliphatic rings. The van der Waals surface area contributed by atoms with Gasteiger partial charge in [-0.3, -0.25) is 14.1 Å². The summed E-state index contributed by atoms with van der Waals surface area (Å²) in [5.74, 6) is -1.20. The van der Waals surface area contributed by atoms with Gasteiger partial charge < -0.3 is 54.3 Å². The molecule has 2 aliphatic heterocycles. The van der Waals surface area contributed by atoms with Crippen LogP contribution < -0.4 is 0 Å². The van der Waals surface area contributed by atoms with Crippen LogP contribution in [0.15, 0.2) is 0 Å². The van der Waals surface area contributed by atoms with E-state index >= 15 is 0 Å². The van der Waals surface area contributed by atoms with Crippen LogP contribution in [0.2, 0.25) is 0 Å². The second kappa shape index (κ2) is 44.8. The van der Waals surface area contributed by atoms with E-state index in [0.717, 1.165) is 70.6 Å². The molecule has 0 radical (unpaired) electrons. The Balaban J connectivity index is 1.98. The normalized spacial score (nSPS) is 25.7. The van der Waals surface area contributed by atoms with Crippen LogP contribution >= 0.6 is 0 Å². The van der Waals surface area contributed by atoms with Crippen LogP contribution in [0.1, 0.15) is 280 Å². The highest BCUT2D eigenvalue weighted by Gasteiger charge is 2.55. The zero-order chi connectivity index (χ0) is 60.0. The van der Waals surface area contributed by atoms with Gasteiger partial charge in [0, 0.05) is 6.42 Å². The van der Waals surface area contributed by atoms with Crippen molar-refractivity contribution in [2.45, 2.75) is 347 Å². The minimum Gasteiger partial charge on any atom is -0.455 e. The van der Waals surface area contributed by atoms with E-state index < -0.39 is 103 Å². The maximum atomic E-state index is 14.0. The van der Waals surface area contributed by atoms with Gasteiger partial charge in [0.1, 0.15) is 30.5 Å². The van der Waals surface area contributed by atoms with Crippen molar-refractivity contribution in [2.75, 3.05) is 13.2 Å². The summed E-state index contributed by atoms with van der Waals surface area (Å²) < 4.78 is 67.2. The first kappa shape index (κ1) is 75.5. The van der Waals surface area contributed by atoms with E-state index in [2.05, 4.69) is 45.7 Å². The van der Waals surface area contributed by atoms with E-state index in [1.807, 2.05) is 0 Å². The Labute approximate surface area is 491 Å². The molecule has 0 bridgehead atoms. The van der Waals surface area contributed by atoms with Crippen molar-refractivity contribution in [1.82, 2.24) is 0 Å². The summed E-state index contributed by atoms with van der Waals surface area (Å²) >= 11 is 0. The SMILES string of the molecule is CCCCCCCCCCCCCCCCCC(=O)O[C@@H]1[C@H](O[C@H]2O[C@H](CO)[C@@H](O)[C@H](O)[C@H]2OS(=O)(=O)O)O[C@@H](CO)[C@H](O)[C@H]1OC(=O)[C@H](C)C[C@@H](C)C[C@@H](C)C[C@@H](C)C[C@@H](C)[C@@H](O)CCCCCCCCCCCCCCCCC. The minimum atomic E-state index is -5.32. The second-order valence-electron chi connectivity index (χ2n) is 25.0. The van der Waals surface area contributed by atoms with Crippen molar-refractivity contribution in [1.29, 1.82) is 0 Å². The molecule has 0 aromatic heterocycles. The molecule has 2 heterocycles. The quantitative estimate of drug-likeness (QED) is 0.0170. The molecule has 480 valence electrons. The van der Waals surface area contributed by atoms with E-state index in [0.29, 0.717) is 24.7 Å². The lowest BCUT2D eigenvalue weighted by Gasteiger charge is -2.46. The third-order valence-corrected chi connectivity index (χ3v) is 17.4. The van der Waals surface area contributed by atoms with Gasteiger partial charge in [0.2, 0.25) is 6.29 Å². The van der Waals surface area contributed by atoms with Crippen LogP contribution in [-0.4, -0.2) is 136 Å². The maximum Gasteiger partial charge on any atom is 0.397 e. The molecule has 7 N–H and O–H groups in total. The van der Waals surface area contributed by atoms with Crippen LogP contribution in [0, 0.1) is 29.6 Å². The van der Waals surface area contributed by atoms with Gasteiger partial charge >= 0.3 is 22.3 Å². The van der Waals surface area contributed by atoms with Crippen LogP contribution in [-0.2, 0) is 47.9 Å². The van der Waals surface area contributed by atoms with Crippen LogP contribution in [0.5, 0.6) is 0 Å². The second-order valence-corrected chi connectivity index (χ2v) is 26.1. The topological polar surface area (TPSA) is 265 Å². The Morgan fingerprint density at radius 3 is 1.30 bits per heavy atom. The van der Waals surface area contributed by atoms with Gasteiger partial charge in [-0.05, 0) is 62.2 Å². The minimum absolute atomic E-state index is 0.0582. The predicted octanol–water partition coefficient (Wildman–Crippen LogP) is 12.2. The summed E-state index contributed by atoms with van der Waals surface area (Å²) in [5, 5.41) is 64.3. The third-order valence-electron chi connectivity index (χ3n) is 16.9. The lowest BCUT2D eigenvalue weighted by atomic mass is 9.82. The molecular weight excluding hydrogens is 1060 g/mol. The Bertz CT molecular complexity index is 1670. The lowest BCUT2D eigenvalue weighted by Crippen LogP contribution is -2.65. The Kier molecular flexibility index (Phi) is 41.8. The molecule has 2 fully saturated rings. The summed E-state index contributed by atoms with van der Waals surface area (Å²) in [6, 6.07) is 0. The van der Waals surface area contributed by atoms with E-state index in [9.17, 15) is 53.2 Å². The fourth-order valence-corrected chi connectivity index (χ4v) is 12.7. The van der Waals surface area contributed by atoms with Gasteiger partial charge in [-0.2, -0.15) is 8.42 Å². The molecule has 2 saturated heterocycles. The molecule has 18 heteroatoms. The number of aliphatic hydroxyl groups is 6. The summed E-state index contributed by atoms with van der Waals surface area (Å²) in [4.78, 5) is 27.6. The fourth-order valence-electron chi connectivity index (χ4n) is 12.2. The lowest BCUT2D eigenvalue weighted by molar-refractivity contribution is -0.374. The molecule has 0 aliphatic carbocycles. The van der Waals surface area contributed by atoms with Gasteiger partial charge in [-0.1, -0.05) is 235 Å². The van der Waals surface area contributed by atoms with Crippen molar-refractivity contribution in [3.63, 3.8) is 0 Å². The number of ether oxygens (including phenoxy) is 5. The highest BCUT2D eigenvalue weighted by molar-refractivity contribution is 7.80. The first-order chi connectivity index (χ1) is 38.8. The number of carbonyl (C=O) groups excluding carboxylic acids is 2.